The van der Waals surface area contributed by atoms with Crippen LogP contribution in [0.15, 0.2) is 30.3 Å². The molecule has 1 aliphatic rings. The number of benzene rings is 1. The van der Waals surface area contributed by atoms with Crippen molar-refractivity contribution in [3.05, 3.63) is 35.9 Å². The van der Waals surface area contributed by atoms with E-state index in [0.29, 0.717) is 0 Å². The van der Waals surface area contributed by atoms with Crippen molar-refractivity contribution in [1.82, 2.24) is 5.32 Å². The number of amides is 1. The van der Waals surface area contributed by atoms with Crippen molar-refractivity contribution < 1.29 is 18.3 Å². The first-order valence-corrected chi connectivity index (χ1v) is 4.48. The number of alkyl carbamates (subject to hydrolysis) is 1. The Morgan fingerprint density at radius 1 is 1.33 bits per heavy atom. The molecule has 80 valence electrons. The van der Waals surface area contributed by atoms with Crippen LogP contribution < -0.4 is 5.32 Å². The summed E-state index contributed by atoms with van der Waals surface area (Å²) in [7, 11) is 0. The molecular formula is C10H9F2NO2. The van der Waals surface area contributed by atoms with Crippen LogP contribution in [0.5, 0.6) is 0 Å². The van der Waals surface area contributed by atoms with Crippen LogP contribution in [-0.4, -0.2) is 18.7 Å². The number of hydrogen-bond acceptors (Lipinski definition) is 2. The number of nitrogens with one attached hydrogen (secondary N) is 1. The third kappa shape index (κ3) is 1.77. The fourth-order valence-electron chi connectivity index (χ4n) is 1.44. The Labute approximate surface area is 85.0 Å². The zero-order valence-corrected chi connectivity index (χ0v) is 7.74. The van der Waals surface area contributed by atoms with Gasteiger partial charge in [-0.25, -0.2) is 4.79 Å². The molecule has 1 saturated heterocycles. The molecule has 0 saturated carbocycles. The van der Waals surface area contributed by atoms with Crippen LogP contribution in [0.25, 0.3) is 0 Å². The number of carbonyl (C=O) groups excluding carboxylic acids is 1. The van der Waals surface area contributed by atoms with Gasteiger partial charge in [0.05, 0.1) is 6.54 Å². The molecule has 1 amide bonds. The molecule has 2 rings (SSSR count). The number of carbonyl (C=O) groups is 1. The molecule has 1 fully saturated rings. The van der Waals surface area contributed by atoms with E-state index in [1.54, 1.807) is 6.07 Å². The molecule has 0 aliphatic carbocycles. The van der Waals surface area contributed by atoms with Gasteiger partial charge in [-0.1, -0.05) is 30.3 Å². The van der Waals surface area contributed by atoms with Gasteiger partial charge in [-0.15, -0.1) is 0 Å². The number of alkyl halides is 2. The van der Waals surface area contributed by atoms with Gasteiger partial charge in [0.1, 0.15) is 0 Å². The highest BCUT2D eigenvalue weighted by molar-refractivity contribution is 5.69. The molecule has 0 radical (unpaired) electrons. The fourth-order valence-corrected chi connectivity index (χ4v) is 1.44. The van der Waals surface area contributed by atoms with Crippen molar-refractivity contribution in [3.63, 3.8) is 0 Å². The molecule has 1 heterocycles. The van der Waals surface area contributed by atoms with Gasteiger partial charge < -0.3 is 10.1 Å². The maximum atomic E-state index is 13.7. The van der Waals surface area contributed by atoms with Gasteiger partial charge in [-0.2, -0.15) is 8.78 Å². The van der Waals surface area contributed by atoms with Crippen LogP contribution in [-0.2, 0) is 10.7 Å². The SMILES string of the molecule is O=C1NCC(C(F)(F)c2ccccc2)O1. The zero-order chi connectivity index (χ0) is 10.9. The van der Waals surface area contributed by atoms with Gasteiger partial charge in [0.15, 0.2) is 6.10 Å². The normalized spacial score (nSPS) is 20.9. The largest absolute Gasteiger partial charge is 0.437 e. The fraction of sp³-hybridized carbons (Fsp3) is 0.300. The Hall–Kier alpha value is -1.65. The summed E-state index contributed by atoms with van der Waals surface area (Å²) in [5, 5.41) is 2.20. The van der Waals surface area contributed by atoms with E-state index in [4.69, 9.17) is 0 Å². The molecule has 1 N–H and O–H groups in total. The van der Waals surface area contributed by atoms with Crippen LogP contribution in [0.4, 0.5) is 13.6 Å². The highest BCUT2D eigenvalue weighted by Crippen LogP contribution is 2.34. The Balaban J connectivity index is 2.23. The minimum absolute atomic E-state index is 0.147. The molecule has 5 heteroatoms. The third-order valence-electron chi connectivity index (χ3n) is 2.24. The van der Waals surface area contributed by atoms with E-state index >= 15 is 0 Å². The van der Waals surface area contributed by atoms with Crippen LogP contribution in [0.2, 0.25) is 0 Å². The van der Waals surface area contributed by atoms with E-state index in [2.05, 4.69) is 10.1 Å². The maximum Gasteiger partial charge on any atom is 0.407 e. The minimum Gasteiger partial charge on any atom is -0.437 e. The maximum absolute atomic E-state index is 13.7. The van der Waals surface area contributed by atoms with Crippen LogP contribution >= 0.6 is 0 Å². The van der Waals surface area contributed by atoms with E-state index in [1.165, 1.54) is 24.3 Å². The number of halogens is 2. The van der Waals surface area contributed by atoms with Crippen LogP contribution in [0.3, 0.4) is 0 Å². The van der Waals surface area contributed by atoms with Crippen molar-refractivity contribution in [1.29, 1.82) is 0 Å². The summed E-state index contributed by atoms with van der Waals surface area (Å²) in [6.45, 7) is -0.166. The molecule has 3 nitrogen and oxygen atoms in total. The third-order valence-corrected chi connectivity index (χ3v) is 2.24. The second kappa shape index (κ2) is 3.49. The summed E-state index contributed by atoms with van der Waals surface area (Å²) in [5.41, 5.74) is -0.147. The van der Waals surface area contributed by atoms with Crippen molar-refractivity contribution in [2.24, 2.45) is 0 Å². The molecule has 1 aromatic carbocycles. The van der Waals surface area contributed by atoms with Crippen molar-refractivity contribution in [2.45, 2.75) is 12.0 Å². The molecule has 1 unspecified atom stereocenters. The van der Waals surface area contributed by atoms with Crippen molar-refractivity contribution in [3.8, 4) is 0 Å². The van der Waals surface area contributed by atoms with Crippen molar-refractivity contribution in [2.75, 3.05) is 6.54 Å². The smallest absolute Gasteiger partial charge is 0.407 e. The highest BCUT2D eigenvalue weighted by atomic mass is 19.3. The lowest BCUT2D eigenvalue weighted by molar-refractivity contribution is -0.0992. The van der Waals surface area contributed by atoms with Gasteiger partial charge in [-0.05, 0) is 0 Å². The van der Waals surface area contributed by atoms with E-state index in [9.17, 15) is 13.6 Å². The molecule has 15 heavy (non-hydrogen) atoms. The quantitative estimate of drug-likeness (QED) is 0.814. The first-order valence-electron chi connectivity index (χ1n) is 4.48. The summed E-state index contributed by atoms with van der Waals surface area (Å²) in [6, 6.07) is 7.32. The lowest BCUT2D eigenvalue weighted by Gasteiger charge is -2.21. The average Bonchev–Trinajstić information content (AvgIpc) is 2.67. The Kier molecular flexibility index (Phi) is 2.30. The van der Waals surface area contributed by atoms with Crippen molar-refractivity contribution >= 4 is 6.09 Å². The number of ether oxygens (including phenoxy) is 1. The molecule has 1 atom stereocenters. The Bertz CT molecular complexity index is 367. The molecule has 1 aromatic rings. The standard InChI is InChI=1S/C10H9F2NO2/c11-10(12,7-4-2-1-3-5-7)8-6-13-9(14)15-8/h1-5,8H,6H2,(H,13,14). The topological polar surface area (TPSA) is 38.3 Å². The first kappa shape index (κ1) is 9.89. The summed E-state index contributed by atoms with van der Waals surface area (Å²) in [5.74, 6) is -3.15. The van der Waals surface area contributed by atoms with E-state index in [-0.39, 0.29) is 12.1 Å². The van der Waals surface area contributed by atoms with E-state index in [1.807, 2.05) is 0 Å². The molecule has 0 spiro atoms. The number of cyclic esters (lactones) is 1. The van der Waals surface area contributed by atoms with Gasteiger partial charge in [0, 0.05) is 5.56 Å². The molecular weight excluding hydrogens is 204 g/mol. The van der Waals surface area contributed by atoms with Gasteiger partial charge in [-0.3, -0.25) is 0 Å². The van der Waals surface area contributed by atoms with Crippen LogP contribution in [0.1, 0.15) is 5.56 Å². The molecule has 0 aromatic heterocycles. The molecule has 1 aliphatic heterocycles. The lowest BCUT2D eigenvalue weighted by atomic mass is 10.0. The molecule has 0 bridgehead atoms. The highest BCUT2D eigenvalue weighted by Gasteiger charge is 2.46. The van der Waals surface area contributed by atoms with Crippen LogP contribution in [0, 0.1) is 0 Å². The summed E-state index contributed by atoms with van der Waals surface area (Å²) in [6.07, 6.45) is -2.22. The van der Waals surface area contributed by atoms with Gasteiger partial charge in [0.2, 0.25) is 0 Å². The van der Waals surface area contributed by atoms with Gasteiger partial charge in [0.25, 0.3) is 0 Å². The van der Waals surface area contributed by atoms with E-state index in [0.717, 1.165) is 0 Å². The number of rotatable bonds is 2. The average molecular weight is 213 g/mol. The minimum atomic E-state index is -3.15. The summed E-state index contributed by atoms with van der Waals surface area (Å²) in [4.78, 5) is 10.7. The predicted octanol–water partition coefficient (Wildman–Crippen LogP) is 1.89. The van der Waals surface area contributed by atoms with E-state index < -0.39 is 18.1 Å². The lowest BCUT2D eigenvalue weighted by Crippen LogP contribution is -2.33. The Morgan fingerprint density at radius 2 is 2.00 bits per heavy atom. The summed E-state index contributed by atoms with van der Waals surface area (Å²) >= 11 is 0. The zero-order valence-electron chi connectivity index (χ0n) is 7.74. The predicted molar refractivity (Wildman–Crippen MR) is 48.6 cm³/mol. The second-order valence-corrected chi connectivity index (χ2v) is 3.26. The monoisotopic (exact) mass is 213 g/mol. The number of hydrogen-bond donors (Lipinski definition) is 1. The first-order chi connectivity index (χ1) is 7.10. The summed E-state index contributed by atoms with van der Waals surface area (Å²) < 4.78 is 31.9. The second-order valence-electron chi connectivity index (χ2n) is 3.26. The van der Waals surface area contributed by atoms with Gasteiger partial charge >= 0.3 is 12.0 Å². The Morgan fingerprint density at radius 3 is 2.53 bits per heavy atom.